The molecular formula is C19H22N2O6S. The summed E-state index contributed by atoms with van der Waals surface area (Å²) in [6, 6.07) is 3.48. The largest absolute Gasteiger partial charge is 0.492 e. The summed E-state index contributed by atoms with van der Waals surface area (Å²) >= 11 is 1.42. The van der Waals surface area contributed by atoms with Crippen LogP contribution in [0.3, 0.4) is 0 Å². The summed E-state index contributed by atoms with van der Waals surface area (Å²) in [5, 5.41) is 2.71. The number of benzene rings is 1. The predicted molar refractivity (Wildman–Crippen MR) is 104 cm³/mol. The van der Waals surface area contributed by atoms with Gasteiger partial charge < -0.3 is 14.8 Å². The number of hydrogen-bond acceptors (Lipinski definition) is 7. The Balaban J connectivity index is 1.92. The fourth-order valence-electron chi connectivity index (χ4n) is 2.53. The summed E-state index contributed by atoms with van der Waals surface area (Å²) in [5.74, 6) is 0.205. The first-order valence-corrected chi connectivity index (χ1v) is 9.59. The van der Waals surface area contributed by atoms with Crippen molar-refractivity contribution in [2.75, 3.05) is 39.2 Å². The Kier molecular flexibility index (Phi) is 8.21. The number of hydrogen-bond donors (Lipinski definition) is 1. The Bertz CT molecular complexity index is 775. The molecule has 0 spiro atoms. The van der Waals surface area contributed by atoms with E-state index in [0.717, 1.165) is 21.6 Å². The molecule has 0 aromatic heterocycles. The zero-order valence-electron chi connectivity index (χ0n) is 15.7. The quantitative estimate of drug-likeness (QED) is 0.253. The lowest BCUT2D eigenvalue weighted by Crippen LogP contribution is -2.33. The summed E-state index contributed by atoms with van der Waals surface area (Å²) < 4.78 is 10.4. The highest BCUT2D eigenvalue weighted by atomic mass is 32.2. The topological polar surface area (TPSA) is 102 Å². The van der Waals surface area contributed by atoms with Gasteiger partial charge in [0.15, 0.2) is 6.29 Å². The molecule has 0 radical (unpaired) electrons. The van der Waals surface area contributed by atoms with Crippen molar-refractivity contribution in [2.24, 2.45) is 0 Å². The molecule has 9 heteroatoms. The van der Waals surface area contributed by atoms with Gasteiger partial charge in [-0.15, -0.1) is 11.8 Å². The third-order valence-corrected chi connectivity index (χ3v) is 4.94. The molecule has 1 aliphatic rings. The molecule has 8 nitrogen and oxygen atoms in total. The SMILES string of the molecule is COCC(=O)NCCSc1cc(OCCN2C(=O)C=CC2=O)cc(C)c1C=O. The second-order valence-electron chi connectivity index (χ2n) is 5.91. The van der Waals surface area contributed by atoms with Crippen LogP contribution in [0.25, 0.3) is 0 Å². The van der Waals surface area contributed by atoms with Crippen LogP contribution in [0.15, 0.2) is 29.2 Å². The van der Waals surface area contributed by atoms with Gasteiger partial charge in [0.25, 0.3) is 11.8 Å². The number of nitrogens with one attached hydrogen (secondary N) is 1. The van der Waals surface area contributed by atoms with E-state index in [1.165, 1.54) is 31.0 Å². The van der Waals surface area contributed by atoms with E-state index in [1.807, 2.05) is 0 Å². The van der Waals surface area contributed by atoms with Crippen LogP contribution in [0.1, 0.15) is 15.9 Å². The normalized spacial score (nSPS) is 13.1. The van der Waals surface area contributed by atoms with Crippen molar-refractivity contribution >= 4 is 35.8 Å². The maximum absolute atomic E-state index is 11.5. The maximum atomic E-state index is 11.5. The standard InChI is InChI=1S/C19H22N2O6S/c1-13-9-14(27-7-6-21-18(24)3-4-19(21)25)10-16(15(13)11-22)28-8-5-20-17(23)12-26-2/h3-4,9-11H,5-8,12H2,1-2H3,(H,20,23). The van der Waals surface area contributed by atoms with E-state index in [2.05, 4.69) is 5.32 Å². The number of carbonyl (C=O) groups excluding carboxylic acids is 4. The first-order valence-electron chi connectivity index (χ1n) is 8.61. The smallest absolute Gasteiger partial charge is 0.253 e. The van der Waals surface area contributed by atoms with Gasteiger partial charge in [0.2, 0.25) is 5.91 Å². The van der Waals surface area contributed by atoms with Crippen LogP contribution in [-0.4, -0.2) is 68.1 Å². The van der Waals surface area contributed by atoms with Gasteiger partial charge in [0.05, 0.1) is 6.54 Å². The number of thioether (sulfide) groups is 1. The zero-order chi connectivity index (χ0) is 20.5. The number of nitrogens with zero attached hydrogens (tertiary/aromatic N) is 1. The van der Waals surface area contributed by atoms with Crippen molar-refractivity contribution < 1.29 is 28.7 Å². The Morgan fingerprint density at radius 2 is 1.96 bits per heavy atom. The van der Waals surface area contributed by atoms with Gasteiger partial charge in [-0.3, -0.25) is 24.1 Å². The summed E-state index contributed by atoms with van der Waals surface area (Å²) in [4.78, 5) is 47.7. The van der Waals surface area contributed by atoms with Gasteiger partial charge in [-0.1, -0.05) is 0 Å². The monoisotopic (exact) mass is 406 g/mol. The second kappa shape index (κ2) is 10.6. The molecule has 1 N–H and O–H groups in total. The predicted octanol–water partition coefficient (Wildman–Crippen LogP) is 0.966. The fourth-order valence-corrected chi connectivity index (χ4v) is 3.52. The first kappa shape index (κ1) is 21.6. The van der Waals surface area contributed by atoms with Crippen LogP contribution < -0.4 is 10.1 Å². The molecule has 0 fully saturated rings. The Labute approximate surface area is 167 Å². The highest BCUT2D eigenvalue weighted by molar-refractivity contribution is 7.99. The van der Waals surface area contributed by atoms with E-state index in [1.54, 1.807) is 19.1 Å². The van der Waals surface area contributed by atoms with Crippen molar-refractivity contribution in [1.29, 1.82) is 0 Å². The molecule has 1 aliphatic heterocycles. The van der Waals surface area contributed by atoms with Gasteiger partial charge in [-0.2, -0.15) is 0 Å². The first-order chi connectivity index (χ1) is 13.5. The molecule has 1 aromatic carbocycles. The number of aryl methyl sites for hydroxylation is 1. The van der Waals surface area contributed by atoms with Gasteiger partial charge in [0.1, 0.15) is 19.0 Å². The molecule has 1 heterocycles. The maximum Gasteiger partial charge on any atom is 0.253 e. The fraction of sp³-hybridized carbons (Fsp3) is 0.368. The highest BCUT2D eigenvalue weighted by Gasteiger charge is 2.22. The molecule has 28 heavy (non-hydrogen) atoms. The molecule has 0 atom stereocenters. The second-order valence-corrected chi connectivity index (χ2v) is 7.05. The van der Waals surface area contributed by atoms with Crippen LogP contribution in [0.5, 0.6) is 5.75 Å². The average molecular weight is 406 g/mol. The minimum Gasteiger partial charge on any atom is -0.492 e. The van der Waals surface area contributed by atoms with E-state index < -0.39 is 0 Å². The Morgan fingerprint density at radius 1 is 1.25 bits per heavy atom. The molecule has 3 amide bonds. The summed E-state index contributed by atoms with van der Waals surface area (Å²) in [7, 11) is 1.45. The summed E-state index contributed by atoms with van der Waals surface area (Å²) in [6.07, 6.45) is 3.25. The molecule has 0 saturated heterocycles. The summed E-state index contributed by atoms with van der Waals surface area (Å²) in [5.41, 5.74) is 1.32. The highest BCUT2D eigenvalue weighted by Crippen LogP contribution is 2.29. The van der Waals surface area contributed by atoms with Crippen molar-refractivity contribution in [3.05, 3.63) is 35.4 Å². The minimum atomic E-state index is -0.354. The lowest BCUT2D eigenvalue weighted by molar-refractivity contribution is -0.137. The van der Waals surface area contributed by atoms with E-state index in [9.17, 15) is 19.2 Å². The Morgan fingerprint density at radius 3 is 2.61 bits per heavy atom. The third-order valence-electron chi connectivity index (χ3n) is 3.88. The number of rotatable bonds is 11. The van der Waals surface area contributed by atoms with Crippen LogP contribution in [-0.2, 0) is 19.1 Å². The summed E-state index contributed by atoms with van der Waals surface area (Å²) in [6.45, 7) is 2.54. The minimum absolute atomic E-state index is 0.00420. The molecule has 150 valence electrons. The number of ether oxygens (including phenoxy) is 2. The van der Waals surface area contributed by atoms with Crippen LogP contribution in [0.2, 0.25) is 0 Å². The lowest BCUT2D eigenvalue weighted by Gasteiger charge is -2.16. The molecule has 0 aliphatic carbocycles. The number of imide groups is 1. The van der Waals surface area contributed by atoms with E-state index in [0.29, 0.717) is 23.6 Å². The molecule has 0 unspecified atom stereocenters. The lowest BCUT2D eigenvalue weighted by atomic mass is 10.1. The molecule has 1 aromatic rings. The molecule has 2 rings (SSSR count). The van der Waals surface area contributed by atoms with Crippen LogP contribution in [0.4, 0.5) is 0 Å². The number of methoxy groups -OCH3 is 1. The van der Waals surface area contributed by atoms with Crippen LogP contribution >= 0.6 is 11.8 Å². The third kappa shape index (κ3) is 5.93. The van der Waals surface area contributed by atoms with Gasteiger partial charge in [-0.05, 0) is 24.6 Å². The molecular weight excluding hydrogens is 384 g/mol. The van der Waals surface area contributed by atoms with E-state index in [4.69, 9.17) is 9.47 Å². The number of aldehydes is 1. The Hall–Kier alpha value is -2.65. The molecule has 0 bridgehead atoms. The average Bonchev–Trinajstić information content (AvgIpc) is 2.97. The van der Waals surface area contributed by atoms with Crippen molar-refractivity contribution in [3.63, 3.8) is 0 Å². The van der Waals surface area contributed by atoms with Gasteiger partial charge >= 0.3 is 0 Å². The van der Waals surface area contributed by atoms with Crippen LogP contribution in [0, 0.1) is 6.92 Å². The number of amides is 3. The van der Waals surface area contributed by atoms with Crippen molar-refractivity contribution in [1.82, 2.24) is 10.2 Å². The van der Waals surface area contributed by atoms with E-state index in [-0.39, 0.29) is 37.5 Å². The number of carbonyl (C=O) groups is 4. The molecule has 0 saturated carbocycles. The van der Waals surface area contributed by atoms with E-state index >= 15 is 0 Å². The van der Waals surface area contributed by atoms with Crippen molar-refractivity contribution in [3.8, 4) is 5.75 Å². The zero-order valence-corrected chi connectivity index (χ0v) is 16.5. The van der Waals surface area contributed by atoms with Gasteiger partial charge in [-0.25, -0.2) is 0 Å². The van der Waals surface area contributed by atoms with Crippen molar-refractivity contribution in [2.45, 2.75) is 11.8 Å². The van der Waals surface area contributed by atoms with Gasteiger partial charge in [0, 0.05) is 42.0 Å².